The molecule has 0 amide bonds. The summed E-state index contributed by atoms with van der Waals surface area (Å²) < 4.78 is 26.8. The first kappa shape index (κ1) is 11.4. The van der Waals surface area contributed by atoms with Crippen LogP contribution in [-0.2, 0) is 10.2 Å². The molecule has 0 unspecified atom stereocenters. The summed E-state index contributed by atoms with van der Waals surface area (Å²) in [7, 11) is -3.32. The molecule has 1 rings (SSSR count). The summed E-state index contributed by atoms with van der Waals surface area (Å²) in [6.45, 7) is 2.89. The van der Waals surface area contributed by atoms with Crippen molar-refractivity contribution in [2.24, 2.45) is 5.16 Å². The van der Waals surface area contributed by atoms with E-state index >= 15 is 0 Å². The van der Waals surface area contributed by atoms with Crippen molar-refractivity contribution in [1.82, 2.24) is 9.03 Å². The van der Waals surface area contributed by atoms with E-state index in [1.807, 2.05) is 0 Å². The lowest BCUT2D eigenvalue weighted by Crippen LogP contribution is -2.45. The Balaban J connectivity index is 2.57. The molecule has 0 aromatic rings. The smallest absolute Gasteiger partial charge is 0.279 e. The highest BCUT2D eigenvalue weighted by atomic mass is 32.2. The highest BCUT2D eigenvalue weighted by Crippen LogP contribution is 2.10. The molecule has 0 aromatic carbocycles. The number of hydrogen-bond acceptors (Lipinski definition) is 4. The number of rotatable bonds is 3. The quantitative estimate of drug-likeness (QED) is 0.510. The first-order valence-corrected chi connectivity index (χ1v) is 5.98. The standard InChI is InChI=1S/C7H15N3O3S/c1-2-8-14(12,13)10-5-3-7(9-11)4-6-10/h8,11H,2-6H2,1H3. The van der Waals surface area contributed by atoms with Gasteiger partial charge in [-0.25, -0.2) is 4.72 Å². The van der Waals surface area contributed by atoms with Crippen molar-refractivity contribution >= 4 is 15.9 Å². The van der Waals surface area contributed by atoms with Crippen LogP contribution in [0.3, 0.4) is 0 Å². The van der Waals surface area contributed by atoms with Crippen LogP contribution in [0.25, 0.3) is 0 Å². The summed E-state index contributed by atoms with van der Waals surface area (Å²) in [6.07, 6.45) is 1.00. The number of nitrogens with one attached hydrogen (secondary N) is 1. The van der Waals surface area contributed by atoms with Crippen LogP contribution < -0.4 is 4.72 Å². The fourth-order valence-electron chi connectivity index (χ4n) is 1.36. The molecule has 82 valence electrons. The largest absolute Gasteiger partial charge is 0.411 e. The molecular formula is C7H15N3O3S. The van der Waals surface area contributed by atoms with Crippen molar-refractivity contribution in [3.8, 4) is 0 Å². The van der Waals surface area contributed by atoms with Crippen molar-refractivity contribution in [1.29, 1.82) is 0 Å². The third-order valence-corrected chi connectivity index (χ3v) is 3.81. The average Bonchev–Trinajstić information content (AvgIpc) is 2.18. The van der Waals surface area contributed by atoms with Crippen LogP contribution in [0.4, 0.5) is 0 Å². The Labute approximate surface area is 83.8 Å². The fraction of sp³-hybridized carbons (Fsp3) is 0.857. The van der Waals surface area contributed by atoms with Gasteiger partial charge in [-0.3, -0.25) is 0 Å². The zero-order valence-electron chi connectivity index (χ0n) is 8.10. The summed E-state index contributed by atoms with van der Waals surface area (Å²) in [5.74, 6) is 0. The van der Waals surface area contributed by atoms with Gasteiger partial charge in [0.05, 0.1) is 5.71 Å². The molecule has 7 heteroatoms. The number of nitrogens with zero attached hydrogens (tertiary/aromatic N) is 2. The SMILES string of the molecule is CCNS(=O)(=O)N1CCC(=NO)CC1. The van der Waals surface area contributed by atoms with Crippen LogP contribution in [0, 0.1) is 0 Å². The van der Waals surface area contributed by atoms with Gasteiger partial charge in [0.15, 0.2) is 0 Å². The molecule has 14 heavy (non-hydrogen) atoms. The monoisotopic (exact) mass is 221 g/mol. The first-order valence-electron chi connectivity index (χ1n) is 4.54. The van der Waals surface area contributed by atoms with E-state index in [0.717, 1.165) is 0 Å². The number of oxime groups is 1. The maximum Gasteiger partial charge on any atom is 0.279 e. The molecule has 0 spiro atoms. The summed E-state index contributed by atoms with van der Waals surface area (Å²) in [5, 5.41) is 11.6. The highest BCUT2D eigenvalue weighted by Gasteiger charge is 2.25. The topological polar surface area (TPSA) is 82.0 Å². The zero-order chi connectivity index (χ0) is 10.6. The molecule has 0 atom stereocenters. The lowest BCUT2D eigenvalue weighted by molar-refractivity contribution is 0.309. The molecule has 0 aromatic heterocycles. The van der Waals surface area contributed by atoms with Gasteiger partial charge in [-0.2, -0.15) is 12.7 Å². The molecule has 1 aliphatic rings. The molecule has 1 aliphatic heterocycles. The van der Waals surface area contributed by atoms with E-state index < -0.39 is 10.2 Å². The first-order chi connectivity index (χ1) is 6.60. The van der Waals surface area contributed by atoms with E-state index in [-0.39, 0.29) is 0 Å². The van der Waals surface area contributed by atoms with Crippen molar-refractivity contribution in [2.75, 3.05) is 19.6 Å². The maximum atomic E-state index is 11.5. The Morgan fingerprint density at radius 2 is 2.07 bits per heavy atom. The van der Waals surface area contributed by atoms with E-state index in [4.69, 9.17) is 5.21 Å². The zero-order valence-corrected chi connectivity index (χ0v) is 8.92. The Bertz CT molecular complexity index is 302. The van der Waals surface area contributed by atoms with Crippen LogP contribution in [0.5, 0.6) is 0 Å². The summed E-state index contributed by atoms with van der Waals surface area (Å²) in [6, 6.07) is 0. The van der Waals surface area contributed by atoms with Gasteiger partial charge in [-0.05, 0) is 0 Å². The van der Waals surface area contributed by atoms with Crippen LogP contribution in [0.15, 0.2) is 5.16 Å². The number of piperidine rings is 1. The van der Waals surface area contributed by atoms with Crippen LogP contribution >= 0.6 is 0 Å². The lowest BCUT2D eigenvalue weighted by atomic mass is 10.1. The second-order valence-corrected chi connectivity index (χ2v) is 4.82. The summed E-state index contributed by atoms with van der Waals surface area (Å²) >= 11 is 0. The van der Waals surface area contributed by atoms with Crippen LogP contribution in [-0.4, -0.2) is 43.3 Å². The summed E-state index contributed by atoms with van der Waals surface area (Å²) in [5.41, 5.74) is 0.660. The molecule has 0 bridgehead atoms. The third-order valence-electron chi connectivity index (χ3n) is 2.11. The van der Waals surface area contributed by atoms with E-state index in [1.54, 1.807) is 6.92 Å². The Morgan fingerprint density at radius 1 is 1.50 bits per heavy atom. The Kier molecular flexibility index (Phi) is 3.85. The molecule has 1 saturated heterocycles. The molecule has 1 heterocycles. The predicted octanol–water partition coefficient (Wildman–Crippen LogP) is -0.233. The molecule has 0 aliphatic carbocycles. The van der Waals surface area contributed by atoms with Gasteiger partial charge in [-0.15, -0.1) is 0 Å². The van der Waals surface area contributed by atoms with Gasteiger partial charge in [0, 0.05) is 32.5 Å². The average molecular weight is 221 g/mol. The highest BCUT2D eigenvalue weighted by molar-refractivity contribution is 7.87. The van der Waals surface area contributed by atoms with Gasteiger partial charge < -0.3 is 5.21 Å². The molecule has 2 N–H and O–H groups in total. The van der Waals surface area contributed by atoms with Crippen molar-refractivity contribution in [2.45, 2.75) is 19.8 Å². The minimum absolute atomic E-state index is 0.384. The third kappa shape index (κ3) is 2.66. The molecular weight excluding hydrogens is 206 g/mol. The van der Waals surface area contributed by atoms with E-state index in [9.17, 15) is 8.42 Å². The molecule has 0 saturated carbocycles. The maximum absolute atomic E-state index is 11.5. The second kappa shape index (κ2) is 4.72. The fourth-order valence-corrected chi connectivity index (χ4v) is 2.57. The van der Waals surface area contributed by atoms with Crippen molar-refractivity contribution < 1.29 is 13.6 Å². The van der Waals surface area contributed by atoms with Gasteiger partial charge >= 0.3 is 0 Å². The molecule has 6 nitrogen and oxygen atoms in total. The Morgan fingerprint density at radius 3 is 2.50 bits per heavy atom. The second-order valence-electron chi connectivity index (χ2n) is 3.07. The van der Waals surface area contributed by atoms with Gasteiger partial charge in [-0.1, -0.05) is 12.1 Å². The lowest BCUT2D eigenvalue weighted by Gasteiger charge is -2.26. The van der Waals surface area contributed by atoms with Crippen molar-refractivity contribution in [3.63, 3.8) is 0 Å². The molecule has 1 fully saturated rings. The Hall–Kier alpha value is -0.660. The van der Waals surface area contributed by atoms with Crippen LogP contribution in [0.1, 0.15) is 19.8 Å². The van der Waals surface area contributed by atoms with Gasteiger partial charge in [0.2, 0.25) is 0 Å². The van der Waals surface area contributed by atoms with Crippen molar-refractivity contribution in [3.05, 3.63) is 0 Å². The van der Waals surface area contributed by atoms with Gasteiger partial charge in [0.25, 0.3) is 10.2 Å². The van der Waals surface area contributed by atoms with E-state index in [1.165, 1.54) is 4.31 Å². The van der Waals surface area contributed by atoms with Crippen LogP contribution in [0.2, 0.25) is 0 Å². The van der Waals surface area contributed by atoms with E-state index in [2.05, 4.69) is 9.88 Å². The minimum atomic E-state index is -3.32. The predicted molar refractivity (Wildman–Crippen MR) is 52.6 cm³/mol. The molecule has 0 radical (unpaired) electrons. The number of hydrogen-bond donors (Lipinski definition) is 2. The van der Waals surface area contributed by atoms with Gasteiger partial charge in [0.1, 0.15) is 0 Å². The van der Waals surface area contributed by atoms with E-state index in [0.29, 0.717) is 38.2 Å². The minimum Gasteiger partial charge on any atom is -0.411 e. The summed E-state index contributed by atoms with van der Waals surface area (Å²) in [4.78, 5) is 0. The normalized spacial score (nSPS) is 19.6.